The van der Waals surface area contributed by atoms with Crippen LogP contribution in [0.3, 0.4) is 0 Å². The molecule has 0 N–H and O–H groups in total. The summed E-state index contributed by atoms with van der Waals surface area (Å²) < 4.78 is 2.40. The summed E-state index contributed by atoms with van der Waals surface area (Å²) in [7, 11) is 0. The number of para-hydroxylation sites is 4. The molecule has 0 saturated heterocycles. The van der Waals surface area contributed by atoms with Crippen molar-refractivity contribution >= 4 is 49.6 Å². The van der Waals surface area contributed by atoms with E-state index in [0.29, 0.717) is 0 Å². The Hall–Kier alpha value is -4.82. The zero-order valence-electron chi connectivity index (χ0n) is 19.8. The molecule has 6 aromatic carbocycles. The number of hydrogen-bond acceptors (Lipinski definition) is 1. The van der Waals surface area contributed by atoms with Gasteiger partial charge in [0.15, 0.2) is 0 Å². The van der Waals surface area contributed by atoms with E-state index in [9.17, 15) is 0 Å². The lowest BCUT2D eigenvalue weighted by Crippen LogP contribution is -2.09. The molecule has 7 aromatic rings. The Morgan fingerprint density at radius 3 is 1.69 bits per heavy atom. The summed E-state index contributed by atoms with van der Waals surface area (Å²) in [4.78, 5) is 2.32. The molecule has 0 atom stereocenters. The Morgan fingerprint density at radius 1 is 0.417 bits per heavy atom. The maximum Gasteiger partial charge on any atom is 0.0619 e. The minimum atomic E-state index is 1.14. The molecule has 0 unspecified atom stereocenters. The van der Waals surface area contributed by atoms with Crippen LogP contribution in [-0.2, 0) is 0 Å². The lowest BCUT2D eigenvalue weighted by atomic mass is 10.0. The van der Waals surface area contributed by atoms with E-state index in [1.165, 1.54) is 38.3 Å². The number of anilines is 3. The zero-order chi connectivity index (χ0) is 23.9. The van der Waals surface area contributed by atoms with Gasteiger partial charge in [0.25, 0.3) is 0 Å². The summed E-state index contributed by atoms with van der Waals surface area (Å²) in [5, 5.41) is 5.02. The van der Waals surface area contributed by atoms with Gasteiger partial charge in [-0.05, 0) is 60.0 Å². The first-order valence-corrected chi connectivity index (χ1v) is 12.3. The van der Waals surface area contributed by atoms with E-state index < -0.39 is 0 Å². The monoisotopic (exact) mass is 460 g/mol. The van der Waals surface area contributed by atoms with E-state index in [1.807, 2.05) is 0 Å². The lowest BCUT2D eigenvalue weighted by molar-refractivity contribution is 1.19. The highest BCUT2D eigenvalue weighted by Gasteiger charge is 2.17. The Kier molecular flexibility index (Phi) is 4.82. The second kappa shape index (κ2) is 8.44. The van der Waals surface area contributed by atoms with Crippen LogP contribution in [0.4, 0.5) is 17.1 Å². The largest absolute Gasteiger partial charge is 0.310 e. The average molecular weight is 461 g/mol. The summed E-state index contributed by atoms with van der Waals surface area (Å²) in [6, 6.07) is 51.9. The predicted molar refractivity (Wildman–Crippen MR) is 153 cm³/mol. The fraction of sp³-hybridized carbons (Fsp3) is 0. The van der Waals surface area contributed by atoms with Crippen molar-refractivity contribution in [1.82, 2.24) is 4.57 Å². The van der Waals surface area contributed by atoms with Gasteiger partial charge in [-0.1, -0.05) is 91.0 Å². The number of fused-ring (bicyclic) bond motifs is 5. The van der Waals surface area contributed by atoms with Gasteiger partial charge in [-0.25, -0.2) is 0 Å². The van der Waals surface area contributed by atoms with Gasteiger partial charge in [0.2, 0.25) is 0 Å². The highest BCUT2D eigenvalue weighted by molar-refractivity contribution is 6.19. The van der Waals surface area contributed by atoms with Gasteiger partial charge in [0.05, 0.1) is 11.0 Å². The van der Waals surface area contributed by atoms with E-state index in [-0.39, 0.29) is 0 Å². The molecule has 2 nitrogen and oxygen atoms in total. The second-order valence-corrected chi connectivity index (χ2v) is 9.06. The van der Waals surface area contributed by atoms with Crippen molar-refractivity contribution in [2.45, 2.75) is 0 Å². The number of rotatable bonds is 4. The molecule has 0 bridgehead atoms. The topological polar surface area (TPSA) is 8.17 Å². The molecule has 7 rings (SSSR count). The molecule has 36 heavy (non-hydrogen) atoms. The summed E-state index contributed by atoms with van der Waals surface area (Å²) in [5.41, 5.74) is 7.07. The molecule has 0 aliphatic heterocycles. The smallest absolute Gasteiger partial charge is 0.0619 e. The summed E-state index contributed by atoms with van der Waals surface area (Å²) >= 11 is 0. The van der Waals surface area contributed by atoms with Crippen molar-refractivity contribution in [3.8, 4) is 5.69 Å². The first kappa shape index (κ1) is 20.5. The van der Waals surface area contributed by atoms with Gasteiger partial charge in [0.1, 0.15) is 0 Å². The van der Waals surface area contributed by atoms with Gasteiger partial charge in [-0.15, -0.1) is 0 Å². The van der Waals surface area contributed by atoms with Crippen molar-refractivity contribution in [2.75, 3.05) is 4.90 Å². The quantitative estimate of drug-likeness (QED) is 0.254. The first-order chi connectivity index (χ1) is 17.9. The summed E-state index contributed by atoms with van der Waals surface area (Å²) in [5.74, 6) is 0. The summed E-state index contributed by atoms with van der Waals surface area (Å²) in [6.45, 7) is 0. The molecule has 170 valence electrons. The minimum absolute atomic E-state index is 1.14. The van der Waals surface area contributed by atoms with Gasteiger partial charge >= 0.3 is 0 Å². The maximum atomic E-state index is 2.40. The van der Waals surface area contributed by atoms with Crippen LogP contribution < -0.4 is 4.90 Å². The van der Waals surface area contributed by atoms with Gasteiger partial charge in [-0.3, -0.25) is 0 Å². The first-order valence-electron chi connectivity index (χ1n) is 12.3. The maximum absolute atomic E-state index is 2.40. The van der Waals surface area contributed by atoms with Crippen LogP contribution in [0.25, 0.3) is 38.3 Å². The van der Waals surface area contributed by atoms with Crippen molar-refractivity contribution in [3.05, 3.63) is 146 Å². The molecule has 1 aromatic heterocycles. The van der Waals surface area contributed by atoms with Gasteiger partial charge in [-0.2, -0.15) is 0 Å². The van der Waals surface area contributed by atoms with Crippen LogP contribution in [0.1, 0.15) is 0 Å². The molecule has 0 amide bonds. The van der Waals surface area contributed by atoms with Crippen LogP contribution in [0.2, 0.25) is 0 Å². The minimum Gasteiger partial charge on any atom is -0.310 e. The molecule has 1 heterocycles. The Balaban J connectivity index is 1.51. The third-order valence-corrected chi connectivity index (χ3v) is 6.94. The van der Waals surface area contributed by atoms with Crippen molar-refractivity contribution in [2.24, 2.45) is 0 Å². The number of nitrogens with zero attached hydrogens (tertiary/aromatic N) is 2. The third kappa shape index (κ3) is 3.27. The standard InChI is InChI=1S/C34H24N2/c1-4-12-26(13-5-1)35(27-14-6-2-7-15-27)29-21-23-30-25(24-29)20-22-32-31-18-10-11-19-33(31)36(34(30)32)28-16-8-3-9-17-28/h1-24H. The lowest BCUT2D eigenvalue weighted by Gasteiger charge is -2.25. The molecular weight excluding hydrogens is 436 g/mol. The van der Waals surface area contributed by atoms with Crippen LogP contribution in [0.5, 0.6) is 0 Å². The zero-order valence-corrected chi connectivity index (χ0v) is 19.8. The summed E-state index contributed by atoms with van der Waals surface area (Å²) in [6.07, 6.45) is 0. The number of hydrogen-bond donors (Lipinski definition) is 0. The van der Waals surface area contributed by atoms with E-state index in [2.05, 4.69) is 155 Å². The van der Waals surface area contributed by atoms with Gasteiger partial charge < -0.3 is 9.47 Å². The third-order valence-electron chi connectivity index (χ3n) is 6.94. The fourth-order valence-corrected chi connectivity index (χ4v) is 5.36. The Labute approximate surface area is 210 Å². The molecule has 0 aliphatic rings. The van der Waals surface area contributed by atoms with Crippen molar-refractivity contribution < 1.29 is 0 Å². The molecule has 0 fully saturated rings. The van der Waals surface area contributed by atoms with Crippen LogP contribution in [0, 0.1) is 0 Å². The molecule has 0 aliphatic carbocycles. The van der Waals surface area contributed by atoms with Crippen LogP contribution in [0.15, 0.2) is 146 Å². The highest BCUT2D eigenvalue weighted by atomic mass is 15.1. The van der Waals surface area contributed by atoms with Crippen LogP contribution in [-0.4, -0.2) is 4.57 Å². The molecule has 0 radical (unpaired) electrons. The van der Waals surface area contributed by atoms with Crippen molar-refractivity contribution in [1.29, 1.82) is 0 Å². The molecule has 0 saturated carbocycles. The molecular formula is C34H24N2. The van der Waals surface area contributed by atoms with Gasteiger partial charge in [0, 0.05) is 38.9 Å². The fourth-order valence-electron chi connectivity index (χ4n) is 5.36. The highest BCUT2D eigenvalue weighted by Crippen LogP contribution is 2.40. The molecule has 2 heteroatoms. The average Bonchev–Trinajstić information content (AvgIpc) is 3.30. The van der Waals surface area contributed by atoms with E-state index in [4.69, 9.17) is 0 Å². The van der Waals surface area contributed by atoms with E-state index in [0.717, 1.165) is 17.1 Å². The number of benzene rings is 6. The Morgan fingerprint density at radius 2 is 1.00 bits per heavy atom. The van der Waals surface area contributed by atoms with E-state index >= 15 is 0 Å². The predicted octanol–water partition coefficient (Wildman–Crippen LogP) is 9.41. The number of aromatic nitrogens is 1. The molecule has 0 spiro atoms. The van der Waals surface area contributed by atoms with Crippen molar-refractivity contribution in [3.63, 3.8) is 0 Å². The normalized spacial score (nSPS) is 11.3. The van der Waals surface area contributed by atoms with E-state index in [1.54, 1.807) is 0 Å². The Bertz CT molecular complexity index is 1780. The second-order valence-electron chi connectivity index (χ2n) is 9.06. The SMILES string of the molecule is c1ccc(N(c2ccccc2)c2ccc3c(ccc4c5ccccc5n(-c5ccccc5)c34)c2)cc1. The van der Waals surface area contributed by atoms with Crippen LogP contribution >= 0.6 is 0 Å².